The van der Waals surface area contributed by atoms with Crippen LogP contribution in [0.2, 0.25) is 0 Å². The van der Waals surface area contributed by atoms with Gasteiger partial charge in [-0.05, 0) is 58.1 Å². The SMILES string of the molecule is CC1(C)CCC(C)(C)c2cc(C(O)c3ccc(S(N)(=O)=O)cc3)ccc21. The van der Waals surface area contributed by atoms with Crippen molar-refractivity contribution in [3.8, 4) is 0 Å². The van der Waals surface area contributed by atoms with E-state index in [0.717, 1.165) is 18.4 Å². The van der Waals surface area contributed by atoms with Gasteiger partial charge >= 0.3 is 0 Å². The molecule has 1 aliphatic rings. The van der Waals surface area contributed by atoms with Crippen molar-refractivity contribution in [1.29, 1.82) is 0 Å². The summed E-state index contributed by atoms with van der Waals surface area (Å²) in [5, 5.41) is 15.9. The molecule has 2 aromatic rings. The highest BCUT2D eigenvalue weighted by atomic mass is 32.2. The van der Waals surface area contributed by atoms with E-state index in [1.54, 1.807) is 12.1 Å². The Kier molecular flexibility index (Phi) is 4.54. The minimum Gasteiger partial charge on any atom is -0.384 e. The van der Waals surface area contributed by atoms with Crippen LogP contribution in [0.1, 0.15) is 68.9 Å². The summed E-state index contributed by atoms with van der Waals surface area (Å²) in [6.45, 7) is 9.03. The van der Waals surface area contributed by atoms with E-state index >= 15 is 0 Å². The van der Waals surface area contributed by atoms with Crippen molar-refractivity contribution >= 4 is 10.0 Å². The molecule has 1 aliphatic carbocycles. The fourth-order valence-electron chi connectivity index (χ4n) is 3.81. The molecule has 3 N–H and O–H groups in total. The number of aliphatic hydroxyl groups is 1. The van der Waals surface area contributed by atoms with Gasteiger partial charge < -0.3 is 5.11 Å². The third kappa shape index (κ3) is 3.43. The predicted molar refractivity (Wildman–Crippen MR) is 104 cm³/mol. The second-order valence-electron chi connectivity index (χ2n) is 8.59. The average molecular weight is 374 g/mol. The van der Waals surface area contributed by atoms with E-state index in [1.165, 1.54) is 23.3 Å². The molecule has 1 atom stereocenters. The Labute approximate surface area is 156 Å². The van der Waals surface area contributed by atoms with Gasteiger partial charge in [0.1, 0.15) is 6.10 Å². The lowest BCUT2D eigenvalue weighted by atomic mass is 9.63. The topological polar surface area (TPSA) is 80.4 Å². The molecule has 3 rings (SSSR count). The van der Waals surface area contributed by atoms with Crippen molar-refractivity contribution in [2.75, 3.05) is 0 Å². The first-order valence-corrected chi connectivity index (χ1v) is 10.4. The van der Waals surface area contributed by atoms with Crippen LogP contribution in [0.5, 0.6) is 0 Å². The van der Waals surface area contributed by atoms with E-state index in [9.17, 15) is 13.5 Å². The zero-order chi connectivity index (χ0) is 19.3. The molecule has 0 fully saturated rings. The highest BCUT2D eigenvalue weighted by Crippen LogP contribution is 2.46. The first-order valence-electron chi connectivity index (χ1n) is 8.88. The highest BCUT2D eigenvalue weighted by molar-refractivity contribution is 7.89. The monoisotopic (exact) mass is 373 g/mol. The van der Waals surface area contributed by atoms with Crippen molar-refractivity contribution in [2.24, 2.45) is 5.14 Å². The molecule has 4 nitrogen and oxygen atoms in total. The molecule has 0 heterocycles. The summed E-state index contributed by atoms with van der Waals surface area (Å²) < 4.78 is 22.8. The Morgan fingerprint density at radius 3 is 1.92 bits per heavy atom. The molecule has 140 valence electrons. The Bertz CT molecular complexity index is 928. The zero-order valence-corrected chi connectivity index (χ0v) is 16.6. The summed E-state index contributed by atoms with van der Waals surface area (Å²) in [5.41, 5.74) is 4.28. The van der Waals surface area contributed by atoms with Crippen LogP contribution in [0.15, 0.2) is 47.4 Å². The van der Waals surface area contributed by atoms with Crippen molar-refractivity contribution in [3.63, 3.8) is 0 Å². The van der Waals surface area contributed by atoms with Crippen molar-refractivity contribution in [2.45, 2.75) is 62.4 Å². The Morgan fingerprint density at radius 2 is 1.38 bits per heavy atom. The van der Waals surface area contributed by atoms with Gasteiger partial charge in [0.15, 0.2) is 0 Å². The smallest absolute Gasteiger partial charge is 0.238 e. The maximum Gasteiger partial charge on any atom is 0.238 e. The van der Waals surface area contributed by atoms with Gasteiger partial charge in [0.05, 0.1) is 4.90 Å². The lowest BCUT2D eigenvalue weighted by Crippen LogP contribution is -2.34. The fourth-order valence-corrected chi connectivity index (χ4v) is 4.32. The molecule has 0 bridgehead atoms. The second-order valence-corrected chi connectivity index (χ2v) is 10.2. The molecule has 0 amide bonds. The molecule has 0 saturated carbocycles. The van der Waals surface area contributed by atoms with Crippen LogP contribution >= 0.6 is 0 Å². The summed E-state index contributed by atoms with van der Waals surface area (Å²) in [7, 11) is -3.73. The fraction of sp³-hybridized carbons (Fsp3) is 0.429. The van der Waals surface area contributed by atoms with Gasteiger partial charge in [-0.1, -0.05) is 58.0 Å². The van der Waals surface area contributed by atoms with E-state index < -0.39 is 16.1 Å². The standard InChI is InChI=1S/C21H27NO3S/c1-20(2)11-12-21(3,4)18-13-15(7-10-17(18)20)19(23)14-5-8-16(9-6-14)26(22,24)25/h5-10,13,19,23H,11-12H2,1-4H3,(H2,22,24,25). The highest BCUT2D eigenvalue weighted by Gasteiger charge is 2.37. The molecule has 0 spiro atoms. The Morgan fingerprint density at radius 1 is 0.885 bits per heavy atom. The number of primary sulfonamides is 1. The molecule has 2 aromatic carbocycles. The lowest BCUT2D eigenvalue weighted by Gasteiger charge is -2.42. The molecule has 0 aromatic heterocycles. The average Bonchev–Trinajstić information content (AvgIpc) is 2.57. The van der Waals surface area contributed by atoms with Crippen LogP contribution in [0.4, 0.5) is 0 Å². The van der Waals surface area contributed by atoms with E-state index in [1.807, 2.05) is 6.07 Å². The van der Waals surface area contributed by atoms with Crippen molar-refractivity contribution in [1.82, 2.24) is 0 Å². The van der Waals surface area contributed by atoms with Gasteiger partial charge in [-0.15, -0.1) is 0 Å². The predicted octanol–water partition coefficient (Wildman–Crippen LogP) is 3.76. The van der Waals surface area contributed by atoms with Crippen LogP contribution < -0.4 is 5.14 Å². The summed E-state index contributed by atoms with van der Waals surface area (Å²) in [4.78, 5) is 0.0433. The van der Waals surface area contributed by atoms with Crippen molar-refractivity contribution < 1.29 is 13.5 Å². The van der Waals surface area contributed by atoms with Crippen LogP contribution in [0, 0.1) is 0 Å². The van der Waals surface area contributed by atoms with E-state index in [0.29, 0.717) is 5.56 Å². The maximum atomic E-state index is 11.4. The molecule has 5 heteroatoms. The van der Waals surface area contributed by atoms with Gasteiger partial charge in [-0.2, -0.15) is 0 Å². The maximum absolute atomic E-state index is 11.4. The van der Waals surface area contributed by atoms with Crippen LogP contribution in [0.3, 0.4) is 0 Å². The molecule has 0 radical (unpaired) electrons. The number of nitrogens with two attached hydrogens (primary N) is 1. The largest absolute Gasteiger partial charge is 0.384 e. The number of hydrogen-bond acceptors (Lipinski definition) is 3. The molecular weight excluding hydrogens is 346 g/mol. The normalized spacial score (nSPS) is 19.6. The van der Waals surface area contributed by atoms with Crippen LogP contribution in [-0.4, -0.2) is 13.5 Å². The van der Waals surface area contributed by atoms with Gasteiger partial charge in [0, 0.05) is 0 Å². The summed E-state index contributed by atoms with van der Waals surface area (Å²) >= 11 is 0. The third-order valence-electron chi connectivity index (χ3n) is 5.72. The van der Waals surface area contributed by atoms with Gasteiger partial charge in [0.25, 0.3) is 0 Å². The van der Waals surface area contributed by atoms with E-state index in [-0.39, 0.29) is 15.7 Å². The minimum absolute atomic E-state index is 0.0433. The van der Waals surface area contributed by atoms with Crippen LogP contribution in [0.25, 0.3) is 0 Å². The summed E-state index contributed by atoms with van der Waals surface area (Å²) in [6, 6.07) is 12.3. The Hall–Kier alpha value is -1.69. The zero-order valence-electron chi connectivity index (χ0n) is 15.8. The van der Waals surface area contributed by atoms with Gasteiger partial charge in [-0.3, -0.25) is 0 Å². The number of benzene rings is 2. The number of sulfonamides is 1. The van der Waals surface area contributed by atoms with Gasteiger partial charge in [0.2, 0.25) is 10.0 Å². The number of fused-ring (bicyclic) bond motifs is 1. The molecule has 1 unspecified atom stereocenters. The lowest BCUT2D eigenvalue weighted by molar-refractivity contribution is 0.219. The second kappa shape index (κ2) is 6.19. The van der Waals surface area contributed by atoms with E-state index in [4.69, 9.17) is 5.14 Å². The quantitative estimate of drug-likeness (QED) is 0.859. The molecule has 0 aliphatic heterocycles. The third-order valence-corrected chi connectivity index (χ3v) is 6.65. The first kappa shape index (κ1) is 19.1. The first-order chi connectivity index (χ1) is 11.9. The molecule has 26 heavy (non-hydrogen) atoms. The minimum atomic E-state index is -3.73. The number of rotatable bonds is 3. The molecular formula is C21H27NO3S. The van der Waals surface area contributed by atoms with Crippen molar-refractivity contribution in [3.05, 3.63) is 64.7 Å². The Balaban J connectivity index is 2.00. The number of aliphatic hydroxyl groups excluding tert-OH is 1. The van der Waals surface area contributed by atoms with Gasteiger partial charge in [-0.25, -0.2) is 13.6 Å². The summed E-state index contributed by atoms with van der Waals surface area (Å²) in [5.74, 6) is 0. The van der Waals surface area contributed by atoms with E-state index in [2.05, 4.69) is 39.8 Å². The molecule has 0 saturated heterocycles. The van der Waals surface area contributed by atoms with Crippen LogP contribution in [-0.2, 0) is 20.9 Å². The number of hydrogen-bond donors (Lipinski definition) is 2. The summed E-state index contributed by atoms with van der Waals surface area (Å²) in [6.07, 6.45) is 1.44.